The molecule has 2 nitrogen and oxygen atoms in total. The van der Waals surface area contributed by atoms with Crippen molar-refractivity contribution in [2.45, 2.75) is 32.2 Å². The third-order valence-corrected chi connectivity index (χ3v) is 2.96. The van der Waals surface area contributed by atoms with Gasteiger partial charge in [-0.2, -0.15) is 0 Å². The molecule has 2 rings (SSSR count). The van der Waals surface area contributed by atoms with E-state index in [2.05, 4.69) is 26.0 Å². The molecule has 2 aromatic rings. The molecular formula is C17H21NO. The molecule has 0 aliphatic heterocycles. The fourth-order valence-electron chi connectivity index (χ4n) is 1.82. The van der Waals surface area contributed by atoms with Gasteiger partial charge >= 0.3 is 0 Å². The van der Waals surface area contributed by atoms with Gasteiger partial charge in [-0.1, -0.05) is 30.3 Å². The minimum atomic E-state index is -0.112. The molecule has 0 heterocycles. The maximum Gasteiger partial charge on any atom is 0.127 e. The third-order valence-electron chi connectivity index (χ3n) is 2.96. The summed E-state index contributed by atoms with van der Waals surface area (Å²) in [5, 5.41) is 0. The molecule has 0 atom stereocenters. The third kappa shape index (κ3) is 4.76. The Hall–Kier alpha value is -1.80. The van der Waals surface area contributed by atoms with Crippen molar-refractivity contribution in [1.29, 1.82) is 0 Å². The molecule has 100 valence electrons. The van der Waals surface area contributed by atoms with E-state index in [4.69, 9.17) is 10.5 Å². The number of nitrogens with two attached hydrogens (primary N) is 1. The van der Waals surface area contributed by atoms with Gasteiger partial charge in [-0.3, -0.25) is 0 Å². The molecule has 0 bridgehead atoms. The lowest BCUT2D eigenvalue weighted by Crippen LogP contribution is -2.32. The first kappa shape index (κ1) is 13.6. The van der Waals surface area contributed by atoms with Crippen molar-refractivity contribution in [2.75, 3.05) is 0 Å². The number of rotatable bonds is 5. The van der Waals surface area contributed by atoms with Crippen LogP contribution in [-0.4, -0.2) is 5.54 Å². The van der Waals surface area contributed by atoms with E-state index in [1.807, 2.05) is 42.5 Å². The average Bonchev–Trinajstić information content (AvgIpc) is 2.38. The van der Waals surface area contributed by atoms with Crippen molar-refractivity contribution < 1.29 is 4.74 Å². The van der Waals surface area contributed by atoms with Crippen LogP contribution in [-0.2, 0) is 6.42 Å². The molecule has 0 fully saturated rings. The number of hydrogen-bond donors (Lipinski definition) is 1. The number of aryl methyl sites for hydroxylation is 1. The molecule has 2 heteroatoms. The van der Waals surface area contributed by atoms with Gasteiger partial charge in [-0.15, -0.1) is 0 Å². The zero-order valence-electron chi connectivity index (χ0n) is 11.6. The Morgan fingerprint density at radius 2 is 1.47 bits per heavy atom. The summed E-state index contributed by atoms with van der Waals surface area (Å²) in [7, 11) is 0. The Kier molecular flexibility index (Phi) is 4.23. The summed E-state index contributed by atoms with van der Waals surface area (Å²) < 4.78 is 5.75. The molecule has 2 N–H and O–H groups in total. The summed E-state index contributed by atoms with van der Waals surface area (Å²) in [6, 6.07) is 18.0. The van der Waals surface area contributed by atoms with Gasteiger partial charge in [0.2, 0.25) is 0 Å². The predicted molar refractivity (Wildman–Crippen MR) is 79.5 cm³/mol. The van der Waals surface area contributed by atoms with Crippen LogP contribution >= 0.6 is 0 Å². The average molecular weight is 255 g/mol. The van der Waals surface area contributed by atoms with E-state index >= 15 is 0 Å². The van der Waals surface area contributed by atoms with E-state index < -0.39 is 0 Å². The van der Waals surface area contributed by atoms with E-state index in [0.29, 0.717) is 0 Å². The quantitative estimate of drug-likeness (QED) is 0.871. The van der Waals surface area contributed by atoms with Crippen LogP contribution < -0.4 is 10.5 Å². The maximum atomic E-state index is 5.99. The van der Waals surface area contributed by atoms with Crippen molar-refractivity contribution in [2.24, 2.45) is 5.73 Å². The van der Waals surface area contributed by atoms with Crippen LogP contribution in [0.1, 0.15) is 25.8 Å². The van der Waals surface area contributed by atoms with Gasteiger partial charge < -0.3 is 10.5 Å². The summed E-state index contributed by atoms with van der Waals surface area (Å²) in [4.78, 5) is 0. The highest BCUT2D eigenvalue weighted by molar-refractivity contribution is 5.33. The lowest BCUT2D eigenvalue weighted by molar-refractivity contribution is 0.474. The van der Waals surface area contributed by atoms with Gasteiger partial charge in [0.1, 0.15) is 11.5 Å². The summed E-state index contributed by atoms with van der Waals surface area (Å²) in [6.07, 6.45) is 1.97. The topological polar surface area (TPSA) is 35.2 Å². The first-order valence-corrected chi connectivity index (χ1v) is 6.64. The zero-order valence-corrected chi connectivity index (χ0v) is 11.6. The standard InChI is InChI=1S/C17H21NO/c1-17(2,18)13-12-14-8-10-16(11-9-14)19-15-6-4-3-5-7-15/h3-11H,12-13,18H2,1-2H3. The fraction of sp³-hybridized carbons (Fsp3) is 0.294. The monoisotopic (exact) mass is 255 g/mol. The Morgan fingerprint density at radius 3 is 2.05 bits per heavy atom. The molecule has 19 heavy (non-hydrogen) atoms. The second-order valence-electron chi connectivity index (χ2n) is 5.55. The number of benzene rings is 2. The Bertz CT molecular complexity index is 497. The van der Waals surface area contributed by atoms with E-state index in [1.165, 1.54) is 5.56 Å². The maximum absolute atomic E-state index is 5.99. The lowest BCUT2D eigenvalue weighted by Gasteiger charge is -2.18. The van der Waals surface area contributed by atoms with Crippen LogP contribution in [0.15, 0.2) is 54.6 Å². The summed E-state index contributed by atoms with van der Waals surface area (Å²) in [6.45, 7) is 4.11. The highest BCUT2D eigenvalue weighted by Crippen LogP contribution is 2.22. The van der Waals surface area contributed by atoms with Gasteiger partial charge in [0.25, 0.3) is 0 Å². The number of ether oxygens (including phenoxy) is 1. The molecule has 0 aliphatic carbocycles. The molecule has 2 aromatic carbocycles. The van der Waals surface area contributed by atoms with E-state index in [1.54, 1.807) is 0 Å². The van der Waals surface area contributed by atoms with Crippen LogP contribution in [0.3, 0.4) is 0 Å². The molecule has 0 aliphatic rings. The van der Waals surface area contributed by atoms with E-state index in [0.717, 1.165) is 24.3 Å². The number of para-hydroxylation sites is 1. The lowest BCUT2D eigenvalue weighted by atomic mass is 9.97. The molecule has 0 unspecified atom stereocenters. The van der Waals surface area contributed by atoms with Gasteiger partial charge in [0.15, 0.2) is 0 Å². The van der Waals surface area contributed by atoms with Gasteiger partial charge in [-0.05, 0) is 56.5 Å². The zero-order chi connectivity index (χ0) is 13.7. The summed E-state index contributed by atoms with van der Waals surface area (Å²) in [5.74, 6) is 1.72. The largest absolute Gasteiger partial charge is 0.457 e. The van der Waals surface area contributed by atoms with Crippen LogP contribution in [0.2, 0.25) is 0 Å². The first-order chi connectivity index (χ1) is 9.03. The fourth-order valence-corrected chi connectivity index (χ4v) is 1.82. The molecular weight excluding hydrogens is 234 g/mol. The molecule has 0 amide bonds. The van der Waals surface area contributed by atoms with E-state index in [-0.39, 0.29) is 5.54 Å². The highest BCUT2D eigenvalue weighted by Gasteiger charge is 2.10. The van der Waals surface area contributed by atoms with Crippen molar-refractivity contribution in [3.05, 3.63) is 60.2 Å². The van der Waals surface area contributed by atoms with Crippen molar-refractivity contribution >= 4 is 0 Å². The molecule has 0 spiro atoms. The van der Waals surface area contributed by atoms with Gasteiger partial charge in [-0.25, -0.2) is 0 Å². The second kappa shape index (κ2) is 5.89. The minimum Gasteiger partial charge on any atom is -0.457 e. The molecule has 0 saturated heterocycles. The van der Waals surface area contributed by atoms with Gasteiger partial charge in [0, 0.05) is 5.54 Å². The van der Waals surface area contributed by atoms with Crippen molar-refractivity contribution in [3.8, 4) is 11.5 Å². The summed E-state index contributed by atoms with van der Waals surface area (Å²) in [5.41, 5.74) is 7.17. The highest BCUT2D eigenvalue weighted by atomic mass is 16.5. The molecule has 0 aromatic heterocycles. The second-order valence-corrected chi connectivity index (χ2v) is 5.55. The Labute approximate surface area is 115 Å². The Morgan fingerprint density at radius 1 is 0.895 bits per heavy atom. The minimum absolute atomic E-state index is 0.112. The smallest absolute Gasteiger partial charge is 0.127 e. The van der Waals surface area contributed by atoms with Crippen LogP contribution in [0, 0.1) is 0 Å². The predicted octanol–water partition coefficient (Wildman–Crippen LogP) is 4.15. The van der Waals surface area contributed by atoms with Crippen LogP contribution in [0.4, 0.5) is 0 Å². The normalized spacial score (nSPS) is 11.3. The van der Waals surface area contributed by atoms with Crippen molar-refractivity contribution in [1.82, 2.24) is 0 Å². The molecule has 0 radical (unpaired) electrons. The summed E-state index contributed by atoms with van der Waals surface area (Å²) >= 11 is 0. The van der Waals surface area contributed by atoms with E-state index in [9.17, 15) is 0 Å². The number of hydrogen-bond acceptors (Lipinski definition) is 2. The van der Waals surface area contributed by atoms with Crippen LogP contribution in [0.5, 0.6) is 11.5 Å². The molecule has 0 saturated carbocycles. The van der Waals surface area contributed by atoms with Gasteiger partial charge in [0.05, 0.1) is 0 Å². The van der Waals surface area contributed by atoms with Crippen LogP contribution in [0.25, 0.3) is 0 Å². The SMILES string of the molecule is CC(C)(N)CCc1ccc(Oc2ccccc2)cc1. The van der Waals surface area contributed by atoms with Crippen molar-refractivity contribution in [3.63, 3.8) is 0 Å². The first-order valence-electron chi connectivity index (χ1n) is 6.64. The Balaban J connectivity index is 1.95.